The standard InChI is InChI=1S/C23H36NSi/c1-16(2)18-11-12-19(17(3)13-18)21-14-20(23(4,5)6)22(15-24(21)7)25(8,9)10/h11-16H,1-10H3/q+1. The van der Waals surface area contributed by atoms with Gasteiger partial charge in [-0.2, -0.15) is 0 Å². The lowest BCUT2D eigenvalue weighted by atomic mass is 9.86. The fraction of sp³-hybridized carbons (Fsp3) is 0.522. The molecule has 0 saturated carbocycles. The van der Waals surface area contributed by atoms with Crippen LogP contribution in [0.25, 0.3) is 11.3 Å². The first-order chi connectivity index (χ1) is 11.3. The lowest BCUT2D eigenvalue weighted by Gasteiger charge is -2.28. The molecule has 1 aromatic carbocycles. The third-order valence-corrected chi connectivity index (χ3v) is 7.10. The molecule has 0 unspecified atom stereocenters. The van der Waals surface area contributed by atoms with Crippen molar-refractivity contribution in [2.45, 2.75) is 72.5 Å². The molecular weight excluding hydrogens is 318 g/mol. The molecule has 0 spiro atoms. The minimum atomic E-state index is -1.40. The van der Waals surface area contributed by atoms with Crippen molar-refractivity contribution < 1.29 is 4.57 Å². The van der Waals surface area contributed by atoms with E-state index in [1.54, 1.807) is 5.19 Å². The Kier molecular flexibility index (Phi) is 5.35. The molecule has 1 aromatic heterocycles. The molecule has 0 radical (unpaired) electrons. The lowest BCUT2D eigenvalue weighted by Crippen LogP contribution is -2.49. The predicted octanol–water partition coefficient (Wildman–Crippen LogP) is 5.45. The van der Waals surface area contributed by atoms with Gasteiger partial charge in [-0.3, -0.25) is 0 Å². The molecule has 0 N–H and O–H groups in total. The minimum Gasteiger partial charge on any atom is -0.201 e. The predicted molar refractivity (Wildman–Crippen MR) is 114 cm³/mol. The van der Waals surface area contributed by atoms with E-state index in [4.69, 9.17) is 0 Å². The van der Waals surface area contributed by atoms with E-state index < -0.39 is 8.07 Å². The zero-order valence-electron chi connectivity index (χ0n) is 17.9. The van der Waals surface area contributed by atoms with Crippen LogP contribution in [-0.4, -0.2) is 8.07 Å². The molecule has 0 saturated heterocycles. The average Bonchev–Trinajstić information content (AvgIpc) is 2.45. The molecule has 0 amide bonds. The van der Waals surface area contributed by atoms with Crippen LogP contribution in [0.1, 0.15) is 57.2 Å². The largest absolute Gasteiger partial charge is 0.212 e. The van der Waals surface area contributed by atoms with Gasteiger partial charge in [0.25, 0.3) is 0 Å². The molecule has 0 aliphatic heterocycles. The molecule has 0 bridgehead atoms. The quantitative estimate of drug-likeness (QED) is 0.509. The summed E-state index contributed by atoms with van der Waals surface area (Å²) >= 11 is 0. The van der Waals surface area contributed by atoms with E-state index in [9.17, 15) is 0 Å². The van der Waals surface area contributed by atoms with Gasteiger partial charge in [0.05, 0.1) is 8.07 Å². The Labute approximate surface area is 156 Å². The molecule has 0 atom stereocenters. The molecule has 2 rings (SSSR count). The first-order valence-corrected chi connectivity index (χ1v) is 13.0. The monoisotopic (exact) mass is 354 g/mol. The van der Waals surface area contributed by atoms with Gasteiger partial charge < -0.3 is 0 Å². The number of rotatable bonds is 3. The Hall–Kier alpha value is -1.41. The maximum atomic E-state index is 2.45. The second kappa shape index (κ2) is 6.72. The summed E-state index contributed by atoms with van der Waals surface area (Å²) in [5.74, 6) is 0.570. The summed E-state index contributed by atoms with van der Waals surface area (Å²) in [5.41, 5.74) is 7.11. The van der Waals surface area contributed by atoms with Crippen LogP contribution in [0.4, 0.5) is 0 Å². The third-order valence-electron chi connectivity index (χ3n) is 5.08. The fourth-order valence-corrected chi connectivity index (χ4v) is 5.30. The van der Waals surface area contributed by atoms with Crippen molar-refractivity contribution in [3.8, 4) is 11.3 Å². The number of aryl methyl sites for hydroxylation is 2. The van der Waals surface area contributed by atoms with E-state index in [1.165, 1.54) is 27.9 Å². The maximum absolute atomic E-state index is 2.45. The van der Waals surface area contributed by atoms with E-state index in [0.29, 0.717) is 5.92 Å². The summed E-state index contributed by atoms with van der Waals surface area (Å²) in [7, 11) is 0.794. The SMILES string of the molecule is Cc1cc(C(C)C)ccc1-c1cc(C(C)(C)C)c([Si](C)(C)C)c[n+]1C. The van der Waals surface area contributed by atoms with Crippen molar-refractivity contribution in [3.63, 3.8) is 0 Å². The average molecular weight is 355 g/mol. The van der Waals surface area contributed by atoms with Crippen molar-refractivity contribution >= 4 is 13.3 Å². The Bertz CT molecular complexity index is 774. The molecule has 1 nitrogen and oxygen atoms in total. The molecule has 0 aliphatic carbocycles. The molecule has 25 heavy (non-hydrogen) atoms. The molecule has 1 heterocycles. The first kappa shape index (κ1) is 19.9. The van der Waals surface area contributed by atoms with E-state index in [-0.39, 0.29) is 5.41 Å². The summed E-state index contributed by atoms with van der Waals surface area (Å²) in [6, 6.07) is 9.39. The van der Waals surface area contributed by atoms with Crippen molar-refractivity contribution in [1.29, 1.82) is 0 Å². The Morgan fingerprint density at radius 3 is 2.04 bits per heavy atom. The van der Waals surface area contributed by atoms with E-state index in [0.717, 1.165) is 0 Å². The topological polar surface area (TPSA) is 3.88 Å². The number of benzene rings is 1. The second-order valence-electron chi connectivity index (χ2n) is 9.83. The Morgan fingerprint density at radius 2 is 1.60 bits per heavy atom. The van der Waals surface area contributed by atoms with Crippen molar-refractivity contribution in [3.05, 3.63) is 47.2 Å². The van der Waals surface area contributed by atoms with Gasteiger partial charge in [0.1, 0.15) is 7.05 Å². The van der Waals surface area contributed by atoms with Gasteiger partial charge in [-0.15, -0.1) is 0 Å². The van der Waals surface area contributed by atoms with Gasteiger partial charge in [-0.25, -0.2) is 4.57 Å². The van der Waals surface area contributed by atoms with Crippen LogP contribution in [-0.2, 0) is 12.5 Å². The van der Waals surface area contributed by atoms with Crippen LogP contribution in [0.5, 0.6) is 0 Å². The number of pyridine rings is 1. The summed E-state index contributed by atoms with van der Waals surface area (Å²) in [4.78, 5) is 0. The number of aromatic nitrogens is 1. The van der Waals surface area contributed by atoms with E-state index in [2.05, 4.69) is 103 Å². The van der Waals surface area contributed by atoms with Crippen LogP contribution in [0.3, 0.4) is 0 Å². The van der Waals surface area contributed by atoms with Gasteiger partial charge in [0, 0.05) is 16.8 Å². The van der Waals surface area contributed by atoms with E-state index >= 15 is 0 Å². The number of hydrogen-bond acceptors (Lipinski definition) is 0. The van der Waals surface area contributed by atoms with Crippen molar-refractivity contribution in [1.82, 2.24) is 0 Å². The van der Waals surface area contributed by atoms with Gasteiger partial charge in [0.2, 0.25) is 5.69 Å². The third kappa shape index (κ3) is 4.23. The van der Waals surface area contributed by atoms with Gasteiger partial charge in [-0.05, 0) is 41.0 Å². The molecule has 2 heteroatoms. The fourth-order valence-electron chi connectivity index (χ4n) is 3.47. The summed E-state index contributed by atoms with van der Waals surface area (Å²) in [6.07, 6.45) is 2.40. The lowest BCUT2D eigenvalue weighted by molar-refractivity contribution is -0.659. The van der Waals surface area contributed by atoms with Gasteiger partial charge in [0.15, 0.2) is 6.20 Å². The normalized spacial score (nSPS) is 12.8. The van der Waals surface area contributed by atoms with Gasteiger partial charge in [-0.1, -0.05) is 66.4 Å². The summed E-state index contributed by atoms with van der Waals surface area (Å²) in [5, 5.41) is 1.57. The zero-order valence-corrected chi connectivity index (χ0v) is 18.9. The Balaban J connectivity index is 2.72. The molecule has 136 valence electrons. The highest BCUT2D eigenvalue weighted by Crippen LogP contribution is 2.29. The van der Waals surface area contributed by atoms with Crippen LogP contribution >= 0.6 is 0 Å². The van der Waals surface area contributed by atoms with Crippen LogP contribution < -0.4 is 9.75 Å². The number of hydrogen-bond donors (Lipinski definition) is 0. The number of nitrogens with zero attached hydrogens (tertiary/aromatic N) is 1. The summed E-state index contributed by atoms with van der Waals surface area (Å²) in [6.45, 7) is 21.1. The van der Waals surface area contributed by atoms with Gasteiger partial charge >= 0.3 is 0 Å². The zero-order chi connectivity index (χ0) is 19.2. The first-order valence-electron chi connectivity index (χ1n) is 9.48. The molecule has 0 fully saturated rings. The second-order valence-corrected chi connectivity index (χ2v) is 14.9. The minimum absolute atomic E-state index is 0.157. The highest BCUT2D eigenvalue weighted by Gasteiger charge is 2.31. The highest BCUT2D eigenvalue weighted by atomic mass is 28.3. The van der Waals surface area contributed by atoms with Crippen LogP contribution in [0, 0.1) is 6.92 Å². The molecular formula is C23H36NSi+. The molecule has 2 aromatic rings. The maximum Gasteiger partial charge on any atom is 0.212 e. The summed E-state index contributed by atoms with van der Waals surface area (Å²) < 4.78 is 2.33. The highest BCUT2D eigenvalue weighted by molar-refractivity contribution is 6.89. The van der Waals surface area contributed by atoms with E-state index in [1.807, 2.05) is 0 Å². The van der Waals surface area contributed by atoms with Crippen molar-refractivity contribution in [2.75, 3.05) is 0 Å². The Morgan fingerprint density at radius 1 is 1.00 bits per heavy atom. The van der Waals surface area contributed by atoms with Crippen LogP contribution in [0.15, 0.2) is 30.5 Å². The van der Waals surface area contributed by atoms with Crippen molar-refractivity contribution in [2.24, 2.45) is 7.05 Å². The molecule has 0 aliphatic rings. The smallest absolute Gasteiger partial charge is 0.201 e. The van der Waals surface area contributed by atoms with Crippen LogP contribution in [0.2, 0.25) is 19.6 Å².